The van der Waals surface area contributed by atoms with Gasteiger partial charge >= 0.3 is 0 Å². The topological polar surface area (TPSA) is 93.9 Å². The monoisotopic (exact) mass is 476 g/mol. The number of methoxy groups -OCH3 is 1. The van der Waals surface area contributed by atoms with Gasteiger partial charge < -0.3 is 19.7 Å². The minimum Gasteiger partial charge on any atom is -0.495 e. The SMILES string of the molecule is C=C1CN(C(=O)C2CCc3c(sc4ncnc(Nc5cc6ccnn6cc5OC)c34)C2)CCO1. The average Bonchev–Trinajstić information content (AvgIpc) is 3.46. The van der Waals surface area contributed by atoms with E-state index in [2.05, 4.69) is 27.0 Å². The maximum absolute atomic E-state index is 13.2. The Labute approximate surface area is 200 Å². The van der Waals surface area contributed by atoms with E-state index in [-0.39, 0.29) is 11.8 Å². The lowest BCUT2D eigenvalue weighted by atomic mass is 9.86. The number of pyridine rings is 1. The number of morpholine rings is 1. The molecule has 0 bridgehead atoms. The van der Waals surface area contributed by atoms with Gasteiger partial charge in [0.15, 0.2) is 5.75 Å². The summed E-state index contributed by atoms with van der Waals surface area (Å²) in [6, 6.07) is 3.93. The molecule has 1 atom stereocenters. The first-order valence-electron chi connectivity index (χ1n) is 11.2. The molecule has 0 spiro atoms. The zero-order valence-corrected chi connectivity index (χ0v) is 19.6. The van der Waals surface area contributed by atoms with Crippen LogP contribution in [0.3, 0.4) is 0 Å². The molecule has 34 heavy (non-hydrogen) atoms. The van der Waals surface area contributed by atoms with Gasteiger partial charge in [0.1, 0.15) is 29.3 Å². The van der Waals surface area contributed by atoms with Crippen molar-refractivity contribution in [3.8, 4) is 5.75 Å². The van der Waals surface area contributed by atoms with Crippen LogP contribution in [0.4, 0.5) is 11.5 Å². The highest BCUT2D eigenvalue weighted by atomic mass is 32.1. The third-order valence-corrected chi connectivity index (χ3v) is 7.67. The Balaban J connectivity index is 1.31. The van der Waals surface area contributed by atoms with Crippen LogP contribution >= 0.6 is 11.3 Å². The number of nitrogens with zero attached hydrogens (tertiary/aromatic N) is 5. The zero-order valence-electron chi connectivity index (χ0n) is 18.8. The molecule has 2 aliphatic rings. The second-order valence-corrected chi connectivity index (χ2v) is 9.66. The molecule has 4 aromatic heterocycles. The van der Waals surface area contributed by atoms with E-state index >= 15 is 0 Å². The van der Waals surface area contributed by atoms with Gasteiger partial charge in [-0.2, -0.15) is 5.10 Å². The first kappa shape index (κ1) is 20.9. The summed E-state index contributed by atoms with van der Waals surface area (Å²) in [4.78, 5) is 26.3. The van der Waals surface area contributed by atoms with Gasteiger partial charge in [-0.05, 0) is 37.0 Å². The molecule has 0 saturated carbocycles. The number of carbonyl (C=O) groups is 1. The fraction of sp³-hybridized carbons (Fsp3) is 0.333. The minimum atomic E-state index is -0.0276. The van der Waals surface area contributed by atoms with Crippen LogP contribution in [0.25, 0.3) is 15.7 Å². The number of thiophene rings is 1. The van der Waals surface area contributed by atoms with Gasteiger partial charge in [-0.3, -0.25) is 4.79 Å². The third-order valence-electron chi connectivity index (χ3n) is 6.51. The van der Waals surface area contributed by atoms with Crippen molar-refractivity contribution in [3.05, 3.63) is 53.6 Å². The van der Waals surface area contributed by atoms with E-state index < -0.39 is 0 Å². The predicted octanol–water partition coefficient (Wildman–Crippen LogP) is 3.57. The third kappa shape index (κ3) is 3.54. The van der Waals surface area contributed by atoms with Gasteiger partial charge in [0.05, 0.1) is 43.0 Å². The summed E-state index contributed by atoms with van der Waals surface area (Å²) in [7, 11) is 1.64. The van der Waals surface area contributed by atoms with E-state index in [4.69, 9.17) is 9.47 Å². The van der Waals surface area contributed by atoms with Crippen molar-refractivity contribution in [2.75, 3.05) is 32.1 Å². The van der Waals surface area contributed by atoms with Crippen LogP contribution in [-0.2, 0) is 22.4 Å². The van der Waals surface area contributed by atoms with Gasteiger partial charge in [0, 0.05) is 17.0 Å². The Bertz CT molecular complexity index is 1430. The summed E-state index contributed by atoms with van der Waals surface area (Å²) in [6.07, 6.45) is 7.53. The highest BCUT2D eigenvalue weighted by molar-refractivity contribution is 7.19. The lowest BCUT2D eigenvalue weighted by molar-refractivity contribution is -0.138. The maximum atomic E-state index is 13.2. The van der Waals surface area contributed by atoms with Crippen molar-refractivity contribution in [2.24, 2.45) is 5.92 Å². The van der Waals surface area contributed by atoms with Crippen molar-refractivity contribution in [1.82, 2.24) is 24.5 Å². The fourth-order valence-corrected chi connectivity index (χ4v) is 6.10. The van der Waals surface area contributed by atoms with Crippen molar-refractivity contribution < 1.29 is 14.3 Å². The molecule has 0 aromatic carbocycles. The van der Waals surface area contributed by atoms with Crippen LogP contribution in [0, 0.1) is 5.92 Å². The van der Waals surface area contributed by atoms with Crippen LogP contribution < -0.4 is 10.1 Å². The smallest absolute Gasteiger partial charge is 0.226 e. The number of fused-ring (bicyclic) bond motifs is 4. The first-order chi connectivity index (χ1) is 16.6. The summed E-state index contributed by atoms with van der Waals surface area (Å²) in [6.45, 7) is 5.50. The number of amides is 1. The Kier molecular flexibility index (Phi) is 5.09. The number of carbonyl (C=O) groups excluding carboxylic acids is 1. The highest BCUT2D eigenvalue weighted by Gasteiger charge is 2.32. The second kappa shape index (κ2) is 8.28. The molecule has 1 saturated heterocycles. The fourth-order valence-electron chi connectivity index (χ4n) is 4.83. The van der Waals surface area contributed by atoms with Crippen LogP contribution in [0.1, 0.15) is 16.9 Å². The number of hydrogen-bond acceptors (Lipinski definition) is 8. The molecule has 0 radical (unpaired) electrons. The van der Waals surface area contributed by atoms with Gasteiger partial charge in [-0.1, -0.05) is 6.58 Å². The van der Waals surface area contributed by atoms with Gasteiger partial charge in [0.2, 0.25) is 5.91 Å². The average molecular weight is 477 g/mol. The zero-order chi connectivity index (χ0) is 23.2. The normalized spacial score (nSPS) is 18.1. The number of hydrogen-bond donors (Lipinski definition) is 1. The van der Waals surface area contributed by atoms with E-state index in [0.29, 0.717) is 31.2 Å². The van der Waals surface area contributed by atoms with Crippen molar-refractivity contribution in [2.45, 2.75) is 19.3 Å². The Morgan fingerprint density at radius 1 is 1.38 bits per heavy atom. The molecule has 1 fully saturated rings. The molecular weight excluding hydrogens is 452 g/mol. The Hall–Kier alpha value is -3.66. The molecule has 5 heterocycles. The molecule has 1 unspecified atom stereocenters. The lowest BCUT2D eigenvalue weighted by Crippen LogP contribution is -2.43. The van der Waals surface area contributed by atoms with Crippen molar-refractivity contribution in [3.63, 3.8) is 0 Å². The molecular formula is C24H24N6O3S. The second-order valence-electron chi connectivity index (χ2n) is 8.57. The van der Waals surface area contributed by atoms with Crippen LogP contribution in [0.2, 0.25) is 0 Å². The number of ether oxygens (including phenoxy) is 2. The van der Waals surface area contributed by atoms with E-state index in [0.717, 1.165) is 46.5 Å². The standard InChI is InChI=1S/C24H24N6O3S/c1-14-11-29(7-8-33-14)24(31)15-3-4-17-20(9-15)34-23-21(17)22(25-13-26-23)28-18-10-16-5-6-27-30(16)12-19(18)32-2/h5-6,10,12-13,15H,1,3-4,7-9,11H2,2H3,(H,25,26,28). The van der Waals surface area contributed by atoms with Crippen molar-refractivity contribution in [1.29, 1.82) is 0 Å². The lowest BCUT2D eigenvalue weighted by Gasteiger charge is -2.32. The molecule has 9 nitrogen and oxygen atoms in total. The molecule has 4 aromatic rings. The Morgan fingerprint density at radius 2 is 2.29 bits per heavy atom. The number of nitrogens with one attached hydrogen (secondary N) is 1. The number of aromatic nitrogens is 4. The van der Waals surface area contributed by atoms with Crippen LogP contribution in [0.5, 0.6) is 5.75 Å². The minimum absolute atomic E-state index is 0.0276. The largest absolute Gasteiger partial charge is 0.495 e. The van der Waals surface area contributed by atoms with Gasteiger partial charge in [-0.25, -0.2) is 14.5 Å². The maximum Gasteiger partial charge on any atom is 0.226 e. The predicted molar refractivity (Wildman–Crippen MR) is 130 cm³/mol. The summed E-state index contributed by atoms with van der Waals surface area (Å²) in [5.74, 6) is 2.24. The molecule has 1 amide bonds. The van der Waals surface area contributed by atoms with E-state index in [1.54, 1.807) is 35.5 Å². The summed E-state index contributed by atoms with van der Waals surface area (Å²) in [5.41, 5.74) is 3.00. The summed E-state index contributed by atoms with van der Waals surface area (Å²) < 4.78 is 12.8. The molecule has 1 aliphatic heterocycles. The summed E-state index contributed by atoms with van der Waals surface area (Å²) in [5, 5.41) is 8.77. The van der Waals surface area contributed by atoms with Crippen LogP contribution in [-0.4, -0.2) is 57.2 Å². The summed E-state index contributed by atoms with van der Waals surface area (Å²) >= 11 is 1.66. The van der Waals surface area contributed by atoms with Gasteiger partial charge in [-0.15, -0.1) is 11.3 Å². The quantitative estimate of drug-likeness (QED) is 0.481. The molecule has 1 N–H and O–H groups in total. The Morgan fingerprint density at radius 3 is 3.15 bits per heavy atom. The van der Waals surface area contributed by atoms with Gasteiger partial charge in [0.25, 0.3) is 0 Å². The first-order valence-corrected chi connectivity index (χ1v) is 12.1. The highest BCUT2D eigenvalue weighted by Crippen LogP contribution is 2.41. The van der Waals surface area contributed by atoms with Crippen LogP contribution in [0.15, 0.2) is 43.2 Å². The molecule has 174 valence electrons. The molecule has 1 aliphatic carbocycles. The molecule has 6 rings (SSSR count). The number of rotatable bonds is 4. The number of anilines is 2. The number of aryl methyl sites for hydroxylation is 1. The van der Waals surface area contributed by atoms with E-state index in [1.807, 2.05) is 23.2 Å². The molecule has 10 heteroatoms. The van der Waals surface area contributed by atoms with Crippen molar-refractivity contribution >= 4 is 44.5 Å². The van der Waals surface area contributed by atoms with E-state index in [1.165, 1.54) is 10.4 Å². The van der Waals surface area contributed by atoms with E-state index in [9.17, 15) is 4.79 Å².